The van der Waals surface area contributed by atoms with Crippen LogP contribution in [0.5, 0.6) is 5.75 Å². The lowest BCUT2D eigenvalue weighted by Gasteiger charge is -2.09. The van der Waals surface area contributed by atoms with Gasteiger partial charge in [-0.25, -0.2) is 4.79 Å². The highest BCUT2D eigenvalue weighted by Gasteiger charge is 2.11. The standard InChI is InChI=1S/C24H20O6/c1-15(2)29-24(26)17-7-5-16(6-8-17)14-28-18-9-10-21-19(12-18)20(25)13-23(30-21)22-4-3-11-27-22/h3-13,15H,14H2,1-2H3. The first kappa shape index (κ1) is 19.5. The van der Waals surface area contributed by atoms with Crippen molar-refractivity contribution in [2.45, 2.75) is 26.6 Å². The largest absolute Gasteiger partial charge is 0.489 e. The zero-order valence-electron chi connectivity index (χ0n) is 16.6. The van der Waals surface area contributed by atoms with Crippen LogP contribution in [0.4, 0.5) is 0 Å². The fraction of sp³-hybridized carbons (Fsp3) is 0.167. The summed E-state index contributed by atoms with van der Waals surface area (Å²) in [5.74, 6) is 1.06. The van der Waals surface area contributed by atoms with Gasteiger partial charge in [0.2, 0.25) is 0 Å². The molecule has 0 saturated heterocycles. The Morgan fingerprint density at radius 2 is 1.80 bits per heavy atom. The maximum absolute atomic E-state index is 12.5. The van der Waals surface area contributed by atoms with Crippen molar-refractivity contribution in [3.05, 3.63) is 88.3 Å². The maximum atomic E-state index is 12.5. The normalized spacial score (nSPS) is 11.0. The highest BCUT2D eigenvalue weighted by atomic mass is 16.5. The Morgan fingerprint density at radius 3 is 2.50 bits per heavy atom. The predicted octanol–water partition coefficient (Wildman–Crippen LogP) is 5.20. The van der Waals surface area contributed by atoms with E-state index in [0.29, 0.717) is 40.4 Å². The summed E-state index contributed by atoms with van der Waals surface area (Å²) in [7, 11) is 0. The number of hydrogen-bond acceptors (Lipinski definition) is 6. The van der Waals surface area contributed by atoms with Gasteiger partial charge in [-0.15, -0.1) is 0 Å². The average Bonchev–Trinajstić information content (AvgIpc) is 3.27. The molecular weight excluding hydrogens is 384 g/mol. The maximum Gasteiger partial charge on any atom is 0.338 e. The van der Waals surface area contributed by atoms with Gasteiger partial charge < -0.3 is 18.3 Å². The lowest BCUT2D eigenvalue weighted by Crippen LogP contribution is -2.11. The summed E-state index contributed by atoms with van der Waals surface area (Å²) >= 11 is 0. The van der Waals surface area contributed by atoms with Crippen molar-refractivity contribution in [2.75, 3.05) is 0 Å². The second-order valence-corrected chi connectivity index (χ2v) is 7.05. The van der Waals surface area contributed by atoms with Crippen LogP contribution in [0.25, 0.3) is 22.5 Å². The first-order valence-electron chi connectivity index (χ1n) is 9.54. The van der Waals surface area contributed by atoms with Gasteiger partial charge in [-0.05, 0) is 61.9 Å². The molecular formula is C24H20O6. The third-order valence-corrected chi connectivity index (χ3v) is 4.40. The van der Waals surface area contributed by atoms with E-state index in [9.17, 15) is 9.59 Å². The summed E-state index contributed by atoms with van der Waals surface area (Å²) in [6, 6.07) is 17.0. The summed E-state index contributed by atoms with van der Waals surface area (Å²) in [5, 5.41) is 0.426. The van der Waals surface area contributed by atoms with Crippen LogP contribution in [0, 0.1) is 0 Å². The Labute approximate surface area is 172 Å². The molecule has 6 heteroatoms. The zero-order chi connectivity index (χ0) is 21.1. The molecule has 0 N–H and O–H groups in total. The van der Waals surface area contributed by atoms with Crippen molar-refractivity contribution in [1.82, 2.24) is 0 Å². The minimum Gasteiger partial charge on any atom is -0.489 e. The molecule has 4 aromatic rings. The van der Waals surface area contributed by atoms with Gasteiger partial charge in [-0.3, -0.25) is 4.79 Å². The quantitative estimate of drug-likeness (QED) is 0.411. The minimum absolute atomic E-state index is 0.166. The van der Waals surface area contributed by atoms with E-state index in [1.807, 2.05) is 26.0 Å². The molecule has 2 aromatic heterocycles. The zero-order valence-corrected chi connectivity index (χ0v) is 16.6. The van der Waals surface area contributed by atoms with Crippen molar-refractivity contribution in [3.63, 3.8) is 0 Å². The molecule has 0 fully saturated rings. The van der Waals surface area contributed by atoms with Crippen LogP contribution < -0.4 is 10.2 Å². The van der Waals surface area contributed by atoms with Gasteiger partial charge in [-0.1, -0.05) is 12.1 Å². The molecule has 0 amide bonds. The van der Waals surface area contributed by atoms with Gasteiger partial charge in [-0.2, -0.15) is 0 Å². The van der Waals surface area contributed by atoms with E-state index in [1.165, 1.54) is 12.3 Å². The van der Waals surface area contributed by atoms with Crippen LogP contribution in [0.2, 0.25) is 0 Å². The summed E-state index contributed by atoms with van der Waals surface area (Å²) in [5.41, 5.74) is 1.65. The molecule has 0 unspecified atom stereocenters. The number of ether oxygens (including phenoxy) is 2. The Kier molecular flexibility index (Phi) is 5.39. The topological polar surface area (TPSA) is 78.9 Å². The van der Waals surface area contributed by atoms with E-state index in [2.05, 4.69) is 0 Å². The molecule has 4 rings (SSSR count). The molecule has 2 aromatic carbocycles. The molecule has 0 aliphatic carbocycles. The number of rotatable bonds is 6. The van der Waals surface area contributed by atoms with Gasteiger partial charge in [0.05, 0.1) is 23.3 Å². The van der Waals surface area contributed by atoms with Crippen LogP contribution in [0.15, 0.2) is 80.6 Å². The Bertz CT molecular complexity index is 1220. The fourth-order valence-electron chi connectivity index (χ4n) is 2.95. The second kappa shape index (κ2) is 8.29. The SMILES string of the molecule is CC(C)OC(=O)c1ccc(COc2ccc3oc(-c4ccco4)cc(=O)c3c2)cc1. The molecule has 0 spiro atoms. The van der Waals surface area contributed by atoms with Crippen LogP contribution in [-0.2, 0) is 11.3 Å². The first-order valence-corrected chi connectivity index (χ1v) is 9.54. The third kappa shape index (κ3) is 4.27. The van der Waals surface area contributed by atoms with E-state index in [-0.39, 0.29) is 17.5 Å². The molecule has 0 saturated carbocycles. The molecule has 2 heterocycles. The van der Waals surface area contributed by atoms with Gasteiger partial charge in [0.25, 0.3) is 0 Å². The molecule has 0 radical (unpaired) electrons. The summed E-state index contributed by atoms with van der Waals surface area (Å²) in [4.78, 5) is 24.4. The van der Waals surface area contributed by atoms with Crippen molar-refractivity contribution < 1.29 is 23.1 Å². The van der Waals surface area contributed by atoms with Crippen molar-refractivity contribution in [1.29, 1.82) is 0 Å². The summed E-state index contributed by atoms with van der Waals surface area (Å²) < 4.78 is 22.0. The number of carbonyl (C=O) groups is 1. The van der Waals surface area contributed by atoms with E-state index >= 15 is 0 Å². The van der Waals surface area contributed by atoms with Crippen LogP contribution in [0.1, 0.15) is 29.8 Å². The van der Waals surface area contributed by atoms with Crippen molar-refractivity contribution in [3.8, 4) is 17.3 Å². The molecule has 0 bridgehead atoms. The average molecular weight is 404 g/mol. The van der Waals surface area contributed by atoms with Crippen molar-refractivity contribution >= 4 is 16.9 Å². The number of benzene rings is 2. The summed E-state index contributed by atoms with van der Waals surface area (Å²) in [6.45, 7) is 3.91. The van der Waals surface area contributed by atoms with Gasteiger partial charge >= 0.3 is 5.97 Å². The van der Waals surface area contributed by atoms with Crippen LogP contribution in [0.3, 0.4) is 0 Å². The number of carbonyl (C=O) groups excluding carboxylic acids is 1. The molecule has 0 aliphatic heterocycles. The Balaban J connectivity index is 1.48. The predicted molar refractivity (Wildman–Crippen MR) is 112 cm³/mol. The minimum atomic E-state index is -0.354. The van der Waals surface area contributed by atoms with Crippen molar-refractivity contribution in [2.24, 2.45) is 0 Å². The first-order chi connectivity index (χ1) is 14.5. The van der Waals surface area contributed by atoms with Gasteiger partial charge in [0.15, 0.2) is 16.9 Å². The van der Waals surface area contributed by atoms with Crippen LogP contribution >= 0.6 is 0 Å². The van der Waals surface area contributed by atoms with Crippen LogP contribution in [-0.4, -0.2) is 12.1 Å². The third-order valence-electron chi connectivity index (χ3n) is 4.40. The number of furan rings is 1. The Morgan fingerprint density at radius 1 is 1.00 bits per heavy atom. The molecule has 152 valence electrons. The molecule has 30 heavy (non-hydrogen) atoms. The fourth-order valence-corrected chi connectivity index (χ4v) is 2.95. The number of fused-ring (bicyclic) bond motifs is 1. The lowest BCUT2D eigenvalue weighted by molar-refractivity contribution is 0.0378. The molecule has 0 aliphatic rings. The van der Waals surface area contributed by atoms with E-state index in [1.54, 1.807) is 42.5 Å². The molecule has 6 nitrogen and oxygen atoms in total. The number of hydrogen-bond donors (Lipinski definition) is 0. The van der Waals surface area contributed by atoms with Gasteiger partial charge in [0, 0.05) is 6.07 Å². The highest BCUT2D eigenvalue weighted by molar-refractivity contribution is 5.89. The smallest absolute Gasteiger partial charge is 0.338 e. The lowest BCUT2D eigenvalue weighted by atomic mass is 10.1. The summed E-state index contributed by atoms with van der Waals surface area (Å²) in [6.07, 6.45) is 1.36. The number of esters is 1. The van der Waals surface area contributed by atoms with Gasteiger partial charge in [0.1, 0.15) is 17.9 Å². The van der Waals surface area contributed by atoms with E-state index in [0.717, 1.165) is 5.56 Å². The Hall–Kier alpha value is -3.80. The van der Waals surface area contributed by atoms with E-state index in [4.69, 9.17) is 18.3 Å². The highest BCUT2D eigenvalue weighted by Crippen LogP contribution is 2.25. The van der Waals surface area contributed by atoms with E-state index < -0.39 is 0 Å². The molecule has 0 atom stereocenters. The second-order valence-electron chi connectivity index (χ2n) is 7.05. The monoisotopic (exact) mass is 404 g/mol.